The van der Waals surface area contributed by atoms with Crippen LogP contribution in [0.1, 0.15) is 25.0 Å². The molecule has 2 aromatic carbocycles. The summed E-state index contributed by atoms with van der Waals surface area (Å²) < 4.78 is 19.1. The third kappa shape index (κ3) is 7.29. The highest BCUT2D eigenvalue weighted by atomic mass is 127. The van der Waals surface area contributed by atoms with Crippen molar-refractivity contribution in [2.75, 3.05) is 13.2 Å². The largest absolute Gasteiger partial charge is 0.491 e. The lowest BCUT2D eigenvalue weighted by molar-refractivity contribution is 0.321. The van der Waals surface area contributed by atoms with E-state index in [2.05, 4.69) is 27.8 Å². The second-order valence-electron chi connectivity index (χ2n) is 5.23. The summed E-state index contributed by atoms with van der Waals surface area (Å²) in [5, 5.41) is 6.46. The normalized spacial score (nSPS) is 10.8. The summed E-state index contributed by atoms with van der Waals surface area (Å²) in [4.78, 5) is 4.50. The van der Waals surface area contributed by atoms with Crippen molar-refractivity contribution < 1.29 is 9.13 Å². The van der Waals surface area contributed by atoms with Crippen molar-refractivity contribution in [1.82, 2.24) is 10.6 Å². The molecule has 0 heterocycles. The zero-order valence-corrected chi connectivity index (χ0v) is 16.9. The molecule has 0 aliphatic carbocycles. The SMILES string of the molecule is CCNC(=NCc1ccc(OCC)c(F)c1)NCc1ccccc1.I. The molecule has 0 aliphatic heterocycles. The van der Waals surface area contributed by atoms with Crippen LogP contribution in [0.4, 0.5) is 4.39 Å². The molecular weight excluding hydrogens is 432 g/mol. The van der Waals surface area contributed by atoms with E-state index in [1.165, 1.54) is 11.6 Å². The number of aliphatic imine (C=N–C) groups is 1. The molecule has 2 N–H and O–H groups in total. The van der Waals surface area contributed by atoms with E-state index in [4.69, 9.17) is 4.74 Å². The average molecular weight is 457 g/mol. The Hall–Kier alpha value is -1.83. The van der Waals surface area contributed by atoms with Crippen molar-refractivity contribution in [1.29, 1.82) is 0 Å². The first kappa shape index (κ1) is 21.2. The van der Waals surface area contributed by atoms with Gasteiger partial charge in [-0.3, -0.25) is 0 Å². The molecule has 6 heteroatoms. The van der Waals surface area contributed by atoms with Gasteiger partial charge in [0.25, 0.3) is 0 Å². The molecule has 0 amide bonds. The molecule has 0 fully saturated rings. The van der Waals surface area contributed by atoms with Gasteiger partial charge in [-0.2, -0.15) is 0 Å². The molecule has 0 atom stereocenters. The van der Waals surface area contributed by atoms with E-state index < -0.39 is 0 Å². The zero-order valence-electron chi connectivity index (χ0n) is 14.6. The molecule has 0 bridgehead atoms. The molecule has 0 aliphatic rings. The summed E-state index contributed by atoms with van der Waals surface area (Å²) in [6, 6.07) is 15.1. The molecule has 0 aromatic heterocycles. The molecule has 0 unspecified atom stereocenters. The van der Waals surface area contributed by atoms with Gasteiger partial charge in [-0.15, -0.1) is 24.0 Å². The molecule has 136 valence electrons. The van der Waals surface area contributed by atoms with Crippen molar-refractivity contribution in [3.63, 3.8) is 0 Å². The Morgan fingerprint density at radius 1 is 1.04 bits per heavy atom. The fraction of sp³-hybridized carbons (Fsp3) is 0.316. The lowest BCUT2D eigenvalue weighted by Crippen LogP contribution is -2.36. The van der Waals surface area contributed by atoms with Gasteiger partial charge >= 0.3 is 0 Å². The lowest BCUT2D eigenvalue weighted by atomic mass is 10.2. The minimum absolute atomic E-state index is 0. The van der Waals surface area contributed by atoms with Gasteiger partial charge in [0.1, 0.15) is 0 Å². The molecular formula is C19H25FIN3O. The van der Waals surface area contributed by atoms with Crippen molar-refractivity contribution in [3.8, 4) is 5.75 Å². The van der Waals surface area contributed by atoms with Gasteiger partial charge in [-0.25, -0.2) is 9.38 Å². The molecule has 25 heavy (non-hydrogen) atoms. The number of rotatable bonds is 7. The Bertz CT molecular complexity index is 665. The smallest absolute Gasteiger partial charge is 0.191 e. The number of nitrogens with one attached hydrogen (secondary N) is 2. The fourth-order valence-corrected chi connectivity index (χ4v) is 2.21. The van der Waals surface area contributed by atoms with E-state index in [0.717, 1.165) is 12.1 Å². The summed E-state index contributed by atoms with van der Waals surface area (Å²) in [7, 11) is 0. The Kier molecular flexibility index (Phi) is 9.91. The zero-order chi connectivity index (χ0) is 17.2. The molecule has 0 saturated heterocycles. The first-order chi connectivity index (χ1) is 11.7. The van der Waals surface area contributed by atoms with Crippen LogP contribution in [-0.2, 0) is 13.1 Å². The Balaban J connectivity index is 0.00000312. The number of benzene rings is 2. The number of ether oxygens (including phenoxy) is 1. The van der Waals surface area contributed by atoms with Gasteiger partial charge in [0, 0.05) is 13.1 Å². The highest BCUT2D eigenvalue weighted by Gasteiger charge is 2.04. The number of halogens is 2. The summed E-state index contributed by atoms with van der Waals surface area (Å²) in [5.41, 5.74) is 1.98. The van der Waals surface area contributed by atoms with Crippen LogP contribution in [0.25, 0.3) is 0 Å². The van der Waals surface area contributed by atoms with Crippen LogP contribution >= 0.6 is 24.0 Å². The molecule has 4 nitrogen and oxygen atoms in total. The summed E-state index contributed by atoms with van der Waals surface area (Å²) in [6.07, 6.45) is 0. The Labute approximate surface area is 165 Å². The standard InChI is InChI=1S/C19H24FN3O.HI/c1-3-21-19(22-13-15-8-6-5-7-9-15)23-14-16-10-11-18(24-4-2)17(20)12-16;/h5-12H,3-4,13-14H2,1-2H3,(H2,21,22,23);1H. The average Bonchev–Trinajstić information content (AvgIpc) is 2.60. The second kappa shape index (κ2) is 11.7. The Morgan fingerprint density at radius 2 is 1.80 bits per heavy atom. The molecule has 0 spiro atoms. The van der Waals surface area contributed by atoms with E-state index in [-0.39, 0.29) is 35.5 Å². The van der Waals surface area contributed by atoms with Gasteiger partial charge in [0.05, 0.1) is 13.2 Å². The van der Waals surface area contributed by atoms with Gasteiger partial charge in [0.2, 0.25) is 0 Å². The van der Waals surface area contributed by atoms with E-state index >= 15 is 0 Å². The van der Waals surface area contributed by atoms with E-state index in [1.807, 2.05) is 38.1 Å². The van der Waals surface area contributed by atoms with Gasteiger partial charge in [-0.1, -0.05) is 36.4 Å². The second-order valence-corrected chi connectivity index (χ2v) is 5.23. The van der Waals surface area contributed by atoms with Gasteiger partial charge in [0.15, 0.2) is 17.5 Å². The van der Waals surface area contributed by atoms with Crippen LogP contribution in [-0.4, -0.2) is 19.1 Å². The molecule has 0 saturated carbocycles. The molecule has 0 radical (unpaired) electrons. The third-order valence-corrected chi connectivity index (χ3v) is 3.36. The lowest BCUT2D eigenvalue weighted by Gasteiger charge is -2.11. The first-order valence-corrected chi connectivity index (χ1v) is 8.20. The van der Waals surface area contributed by atoms with Crippen LogP contribution < -0.4 is 15.4 Å². The maximum atomic E-state index is 13.9. The fourth-order valence-electron chi connectivity index (χ4n) is 2.21. The predicted octanol–water partition coefficient (Wildman–Crippen LogP) is 4.10. The quantitative estimate of drug-likeness (QED) is 0.374. The number of nitrogens with zero attached hydrogens (tertiary/aromatic N) is 1. The summed E-state index contributed by atoms with van der Waals surface area (Å²) in [6.45, 7) is 6.13. The van der Waals surface area contributed by atoms with Crippen molar-refractivity contribution in [2.24, 2.45) is 4.99 Å². The Morgan fingerprint density at radius 3 is 2.44 bits per heavy atom. The van der Waals surface area contributed by atoms with Crippen LogP contribution in [0.15, 0.2) is 53.5 Å². The molecule has 2 rings (SSSR count). The third-order valence-electron chi connectivity index (χ3n) is 3.36. The highest BCUT2D eigenvalue weighted by molar-refractivity contribution is 14.0. The van der Waals surface area contributed by atoms with E-state index in [9.17, 15) is 4.39 Å². The monoisotopic (exact) mass is 457 g/mol. The van der Waals surface area contributed by atoms with Crippen molar-refractivity contribution >= 4 is 29.9 Å². The molecule has 2 aromatic rings. The van der Waals surface area contributed by atoms with Crippen LogP contribution in [0, 0.1) is 5.82 Å². The maximum Gasteiger partial charge on any atom is 0.191 e. The van der Waals surface area contributed by atoms with E-state index in [0.29, 0.717) is 25.7 Å². The number of guanidine groups is 1. The number of hydrogen-bond donors (Lipinski definition) is 2. The van der Waals surface area contributed by atoms with E-state index in [1.54, 1.807) is 6.07 Å². The predicted molar refractivity (Wildman–Crippen MR) is 111 cm³/mol. The van der Waals surface area contributed by atoms with Crippen LogP contribution in [0.2, 0.25) is 0 Å². The van der Waals surface area contributed by atoms with Crippen LogP contribution in [0.3, 0.4) is 0 Å². The van der Waals surface area contributed by atoms with Crippen molar-refractivity contribution in [2.45, 2.75) is 26.9 Å². The topological polar surface area (TPSA) is 45.7 Å². The maximum absolute atomic E-state index is 13.9. The first-order valence-electron chi connectivity index (χ1n) is 8.20. The summed E-state index contributed by atoms with van der Waals surface area (Å²) in [5.74, 6) is 0.627. The van der Waals surface area contributed by atoms with Crippen molar-refractivity contribution in [3.05, 3.63) is 65.5 Å². The van der Waals surface area contributed by atoms with Crippen LogP contribution in [0.5, 0.6) is 5.75 Å². The summed E-state index contributed by atoms with van der Waals surface area (Å²) >= 11 is 0. The minimum atomic E-state index is -0.355. The minimum Gasteiger partial charge on any atom is -0.491 e. The highest BCUT2D eigenvalue weighted by Crippen LogP contribution is 2.18. The van der Waals surface area contributed by atoms with Gasteiger partial charge < -0.3 is 15.4 Å². The number of hydrogen-bond acceptors (Lipinski definition) is 2. The van der Waals surface area contributed by atoms with Gasteiger partial charge in [-0.05, 0) is 37.1 Å².